The van der Waals surface area contributed by atoms with Crippen molar-refractivity contribution in [2.75, 3.05) is 11.9 Å². The summed E-state index contributed by atoms with van der Waals surface area (Å²) in [5, 5.41) is 4.87. The van der Waals surface area contributed by atoms with Crippen molar-refractivity contribution in [1.29, 1.82) is 0 Å². The second kappa shape index (κ2) is 8.24. The largest absolute Gasteiger partial charge is 0.322 e. The molecule has 2 N–H and O–H groups in total. The number of amides is 3. The maximum absolute atomic E-state index is 13.1. The van der Waals surface area contributed by atoms with Crippen LogP contribution in [0, 0.1) is 0 Å². The summed E-state index contributed by atoms with van der Waals surface area (Å²) in [6.07, 6.45) is 3.51. The molecule has 2 aromatic carbocycles. The van der Waals surface area contributed by atoms with E-state index in [0.717, 1.165) is 25.7 Å². The molecule has 0 spiro atoms. The van der Waals surface area contributed by atoms with Gasteiger partial charge in [0.2, 0.25) is 10.0 Å². The van der Waals surface area contributed by atoms with Crippen LogP contribution in [0.5, 0.6) is 0 Å². The fourth-order valence-electron chi connectivity index (χ4n) is 4.06. The molecule has 0 radical (unpaired) electrons. The Morgan fingerprint density at radius 1 is 1.06 bits per heavy atom. The minimum absolute atomic E-state index is 0.00520. The molecule has 0 aromatic heterocycles. The number of carbonyl (C=O) groups excluding carboxylic acids is 3. The number of carbonyl (C=O) groups is 3. The lowest BCUT2D eigenvalue weighted by molar-refractivity contribution is 0.0878. The number of fused-ring (bicyclic) bond motifs is 1. The molecule has 2 aliphatic rings. The summed E-state index contributed by atoms with van der Waals surface area (Å²) < 4.78 is 27.7. The van der Waals surface area contributed by atoms with Gasteiger partial charge in [-0.1, -0.05) is 13.3 Å². The number of hydrogen-bond acceptors (Lipinski definition) is 5. The van der Waals surface area contributed by atoms with Crippen molar-refractivity contribution in [3.63, 3.8) is 0 Å². The minimum Gasteiger partial charge on any atom is -0.322 e. The fourth-order valence-corrected chi connectivity index (χ4v) is 5.83. The predicted molar refractivity (Wildman–Crippen MR) is 114 cm³/mol. The highest BCUT2D eigenvalue weighted by Crippen LogP contribution is 2.27. The Morgan fingerprint density at radius 2 is 1.77 bits per heavy atom. The van der Waals surface area contributed by atoms with Gasteiger partial charge < -0.3 is 5.32 Å². The molecule has 0 bridgehead atoms. The lowest BCUT2D eigenvalue weighted by atomic mass is 10.0. The molecule has 3 amide bonds. The summed E-state index contributed by atoms with van der Waals surface area (Å²) in [7, 11) is -3.62. The number of rotatable bonds is 5. The van der Waals surface area contributed by atoms with E-state index in [1.54, 1.807) is 4.31 Å². The van der Waals surface area contributed by atoms with E-state index in [0.29, 0.717) is 12.2 Å². The van der Waals surface area contributed by atoms with E-state index in [1.807, 2.05) is 6.92 Å². The third-order valence-corrected chi connectivity index (χ3v) is 7.73. The van der Waals surface area contributed by atoms with Crippen LogP contribution in [0.4, 0.5) is 5.69 Å². The van der Waals surface area contributed by atoms with Gasteiger partial charge in [0.15, 0.2) is 0 Å². The molecule has 162 valence electrons. The van der Waals surface area contributed by atoms with Gasteiger partial charge in [-0.15, -0.1) is 0 Å². The van der Waals surface area contributed by atoms with Gasteiger partial charge in [0.1, 0.15) is 0 Å². The molecule has 2 aliphatic heterocycles. The van der Waals surface area contributed by atoms with E-state index in [1.165, 1.54) is 42.5 Å². The van der Waals surface area contributed by atoms with Crippen molar-refractivity contribution >= 4 is 33.4 Å². The maximum atomic E-state index is 13.1. The molecule has 2 aromatic rings. The third-order valence-electron chi connectivity index (χ3n) is 5.76. The second-order valence-electron chi connectivity index (χ2n) is 7.70. The predicted octanol–water partition coefficient (Wildman–Crippen LogP) is 2.78. The number of hydrogen-bond donors (Lipinski definition) is 2. The maximum Gasteiger partial charge on any atom is 0.259 e. The van der Waals surface area contributed by atoms with Gasteiger partial charge in [0, 0.05) is 23.8 Å². The van der Waals surface area contributed by atoms with E-state index < -0.39 is 27.7 Å². The van der Waals surface area contributed by atoms with Gasteiger partial charge in [-0.3, -0.25) is 19.7 Å². The molecule has 0 saturated carbocycles. The van der Waals surface area contributed by atoms with Crippen molar-refractivity contribution in [3.8, 4) is 0 Å². The smallest absolute Gasteiger partial charge is 0.259 e. The summed E-state index contributed by atoms with van der Waals surface area (Å²) in [5.74, 6) is -1.42. The van der Waals surface area contributed by atoms with Gasteiger partial charge in [-0.25, -0.2) is 8.42 Å². The lowest BCUT2D eigenvalue weighted by Crippen LogP contribution is -2.43. The summed E-state index contributed by atoms with van der Waals surface area (Å²) in [6, 6.07) is 10.3. The first-order chi connectivity index (χ1) is 14.8. The summed E-state index contributed by atoms with van der Waals surface area (Å²) in [5.41, 5.74) is 1.12. The highest BCUT2D eigenvalue weighted by Gasteiger charge is 2.32. The molecule has 1 fully saturated rings. The summed E-state index contributed by atoms with van der Waals surface area (Å²) in [4.78, 5) is 36.2. The highest BCUT2D eigenvalue weighted by atomic mass is 32.2. The zero-order chi connectivity index (χ0) is 22.2. The van der Waals surface area contributed by atoms with Crippen LogP contribution in [-0.2, 0) is 10.0 Å². The van der Waals surface area contributed by atoms with Crippen LogP contribution in [0.1, 0.15) is 63.7 Å². The summed E-state index contributed by atoms with van der Waals surface area (Å²) in [6.45, 7) is 2.50. The number of nitrogens with one attached hydrogen (secondary N) is 2. The van der Waals surface area contributed by atoms with Crippen molar-refractivity contribution in [2.24, 2.45) is 0 Å². The zero-order valence-corrected chi connectivity index (χ0v) is 17.9. The first-order valence-electron chi connectivity index (χ1n) is 10.2. The Kier molecular flexibility index (Phi) is 5.63. The van der Waals surface area contributed by atoms with Crippen LogP contribution in [0.3, 0.4) is 0 Å². The van der Waals surface area contributed by atoms with Crippen LogP contribution >= 0.6 is 0 Å². The van der Waals surface area contributed by atoms with Gasteiger partial charge in [-0.2, -0.15) is 4.31 Å². The Morgan fingerprint density at radius 3 is 2.48 bits per heavy atom. The highest BCUT2D eigenvalue weighted by molar-refractivity contribution is 7.89. The van der Waals surface area contributed by atoms with Crippen molar-refractivity contribution in [3.05, 3.63) is 59.2 Å². The quantitative estimate of drug-likeness (QED) is 0.693. The van der Waals surface area contributed by atoms with Crippen molar-refractivity contribution < 1.29 is 22.8 Å². The number of piperidine rings is 1. The van der Waals surface area contributed by atoms with Crippen LogP contribution in [0.15, 0.2) is 47.4 Å². The molecule has 1 atom stereocenters. The number of sulfonamides is 1. The molecule has 0 unspecified atom stereocenters. The van der Waals surface area contributed by atoms with Crippen LogP contribution in [0.2, 0.25) is 0 Å². The molecule has 2 heterocycles. The number of nitrogens with zero attached hydrogens (tertiary/aromatic N) is 1. The first-order valence-corrected chi connectivity index (χ1v) is 11.7. The number of anilines is 1. The molecule has 31 heavy (non-hydrogen) atoms. The number of benzene rings is 2. The van der Waals surface area contributed by atoms with E-state index in [9.17, 15) is 22.8 Å². The standard InChI is InChI=1S/C22H23N3O5S/c1-2-16-5-3-4-12-25(16)31(29,30)17-9-6-14(7-10-17)20(26)23-15-8-11-18-19(13-15)22(28)24-21(18)27/h6-11,13,16H,2-5,12H2,1H3,(H,23,26)(H,24,27,28)/t16-/m0/s1. The average molecular weight is 442 g/mol. The normalized spacial score (nSPS) is 19.1. The Hall–Kier alpha value is -3.04. The number of imide groups is 1. The minimum atomic E-state index is -3.62. The van der Waals surface area contributed by atoms with Gasteiger partial charge in [0.25, 0.3) is 17.7 Å². The van der Waals surface area contributed by atoms with Gasteiger partial charge in [0.05, 0.1) is 16.0 Å². The zero-order valence-electron chi connectivity index (χ0n) is 17.1. The average Bonchev–Trinajstić information content (AvgIpc) is 3.06. The first kappa shape index (κ1) is 21.2. The Labute approximate surface area is 180 Å². The molecular formula is C22H23N3O5S. The topological polar surface area (TPSA) is 113 Å². The Balaban J connectivity index is 1.51. The van der Waals surface area contributed by atoms with Crippen LogP contribution in [0.25, 0.3) is 0 Å². The molecule has 9 heteroatoms. The van der Waals surface area contributed by atoms with E-state index in [-0.39, 0.29) is 27.6 Å². The lowest BCUT2D eigenvalue weighted by Gasteiger charge is -2.34. The Bertz CT molecular complexity index is 1160. The molecule has 8 nitrogen and oxygen atoms in total. The van der Waals surface area contributed by atoms with E-state index >= 15 is 0 Å². The fraction of sp³-hybridized carbons (Fsp3) is 0.318. The van der Waals surface area contributed by atoms with Crippen molar-refractivity contribution in [1.82, 2.24) is 9.62 Å². The molecule has 0 aliphatic carbocycles. The van der Waals surface area contributed by atoms with Gasteiger partial charge >= 0.3 is 0 Å². The molecule has 1 saturated heterocycles. The van der Waals surface area contributed by atoms with E-state index in [2.05, 4.69) is 10.6 Å². The van der Waals surface area contributed by atoms with Crippen LogP contribution < -0.4 is 10.6 Å². The van der Waals surface area contributed by atoms with Crippen LogP contribution in [-0.4, -0.2) is 43.0 Å². The molecular weight excluding hydrogens is 418 g/mol. The SMILES string of the molecule is CC[C@H]1CCCCN1S(=O)(=O)c1ccc(C(=O)Nc2ccc3c(c2)C(=O)NC3=O)cc1. The van der Waals surface area contributed by atoms with E-state index in [4.69, 9.17) is 0 Å². The summed E-state index contributed by atoms with van der Waals surface area (Å²) >= 11 is 0. The molecule has 4 rings (SSSR count). The van der Waals surface area contributed by atoms with Crippen molar-refractivity contribution in [2.45, 2.75) is 43.5 Å². The third kappa shape index (κ3) is 3.98. The van der Waals surface area contributed by atoms with Gasteiger partial charge in [-0.05, 0) is 61.7 Å². The second-order valence-corrected chi connectivity index (χ2v) is 9.59. The monoisotopic (exact) mass is 441 g/mol.